The molecule has 0 aromatic heterocycles. The maximum atomic E-state index is 10.6. The van der Waals surface area contributed by atoms with Gasteiger partial charge in [-0.25, -0.2) is 0 Å². The number of carbonyl (C=O) groups is 1. The number of benzene rings is 2. The summed E-state index contributed by atoms with van der Waals surface area (Å²) in [7, 11) is 0. The van der Waals surface area contributed by atoms with Gasteiger partial charge in [0.1, 0.15) is 11.5 Å². The van der Waals surface area contributed by atoms with Gasteiger partial charge in [-0.3, -0.25) is 4.79 Å². The van der Waals surface area contributed by atoms with Gasteiger partial charge >= 0.3 is 5.97 Å². The minimum Gasteiger partial charge on any atom is -0.481 e. The van der Waals surface area contributed by atoms with Gasteiger partial charge < -0.3 is 9.84 Å². The molecule has 2 aromatic rings. The number of carboxylic acid groups (broad SMARTS) is 1. The van der Waals surface area contributed by atoms with Gasteiger partial charge in [0.25, 0.3) is 0 Å². The number of carboxylic acids is 1. The van der Waals surface area contributed by atoms with Gasteiger partial charge in [-0.1, -0.05) is 23.7 Å². The lowest BCUT2D eigenvalue weighted by atomic mass is 10.1. The second kappa shape index (κ2) is 5.56. The molecule has 0 aliphatic carbocycles. The molecule has 2 aromatic carbocycles. The predicted octanol–water partition coefficient (Wildman–Crippen LogP) is 3.76. The van der Waals surface area contributed by atoms with Crippen LogP contribution in [0.25, 0.3) is 0 Å². The highest BCUT2D eigenvalue weighted by Gasteiger charge is 2.03. The Hall–Kier alpha value is -2.00. The third-order valence-electron chi connectivity index (χ3n) is 2.30. The molecule has 18 heavy (non-hydrogen) atoms. The van der Waals surface area contributed by atoms with Crippen LogP contribution in [0.5, 0.6) is 11.5 Å². The second-order valence-electron chi connectivity index (χ2n) is 3.77. The summed E-state index contributed by atoms with van der Waals surface area (Å²) < 4.78 is 5.60. The van der Waals surface area contributed by atoms with E-state index in [1.165, 1.54) is 0 Å². The summed E-state index contributed by atoms with van der Waals surface area (Å²) in [5, 5.41) is 9.36. The van der Waals surface area contributed by atoms with E-state index in [-0.39, 0.29) is 6.42 Å². The van der Waals surface area contributed by atoms with Crippen LogP contribution in [0.15, 0.2) is 48.5 Å². The summed E-state index contributed by atoms with van der Waals surface area (Å²) in [5.41, 5.74) is 0.703. The van der Waals surface area contributed by atoms with E-state index in [2.05, 4.69) is 0 Å². The van der Waals surface area contributed by atoms with E-state index >= 15 is 0 Å². The quantitative estimate of drug-likeness (QED) is 0.913. The van der Waals surface area contributed by atoms with E-state index in [1.54, 1.807) is 48.5 Å². The van der Waals surface area contributed by atoms with E-state index in [9.17, 15) is 4.79 Å². The molecule has 4 heteroatoms. The average Bonchev–Trinajstić information content (AvgIpc) is 2.32. The van der Waals surface area contributed by atoms with Gasteiger partial charge in [0.05, 0.1) is 6.42 Å². The highest BCUT2D eigenvalue weighted by molar-refractivity contribution is 6.30. The Morgan fingerprint density at radius 1 is 1.11 bits per heavy atom. The predicted molar refractivity (Wildman–Crippen MR) is 69.3 cm³/mol. The van der Waals surface area contributed by atoms with Gasteiger partial charge in [0, 0.05) is 5.02 Å². The Morgan fingerprint density at radius 3 is 2.50 bits per heavy atom. The lowest BCUT2D eigenvalue weighted by Crippen LogP contribution is -1.99. The molecule has 0 radical (unpaired) electrons. The molecule has 1 N–H and O–H groups in total. The van der Waals surface area contributed by atoms with Crippen molar-refractivity contribution in [2.45, 2.75) is 6.42 Å². The molecule has 0 bridgehead atoms. The number of rotatable bonds is 4. The fraction of sp³-hybridized carbons (Fsp3) is 0.0714. The van der Waals surface area contributed by atoms with Crippen LogP contribution in [0.4, 0.5) is 0 Å². The zero-order valence-electron chi connectivity index (χ0n) is 9.47. The van der Waals surface area contributed by atoms with Crippen molar-refractivity contribution in [2.75, 3.05) is 0 Å². The Morgan fingerprint density at radius 2 is 1.83 bits per heavy atom. The van der Waals surface area contributed by atoms with Crippen LogP contribution in [-0.4, -0.2) is 11.1 Å². The van der Waals surface area contributed by atoms with Crippen molar-refractivity contribution in [3.05, 3.63) is 59.1 Å². The number of hydrogen-bond donors (Lipinski definition) is 1. The fourth-order valence-electron chi connectivity index (χ4n) is 1.53. The van der Waals surface area contributed by atoms with Crippen molar-refractivity contribution >= 4 is 17.6 Å². The molecule has 0 unspecified atom stereocenters. The lowest BCUT2D eigenvalue weighted by Gasteiger charge is -2.06. The zero-order chi connectivity index (χ0) is 13.0. The van der Waals surface area contributed by atoms with Crippen LogP contribution in [0.1, 0.15) is 5.56 Å². The molecule has 2 rings (SSSR count). The maximum absolute atomic E-state index is 10.6. The summed E-state index contributed by atoms with van der Waals surface area (Å²) in [4.78, 5) is 10.6. The molecule has 0 saturated heterocycles. The van der Waals surface area contributed by atoms with Crippen LogP contribution in [0, 0.1) is 0 Å². The van der Waals surface area contributed by atoms with Crippen molar-refractivity contribution < 1.29 is 14.6 Å². The minimum atomic E-state index is -0.862. The molecular formula is C14H11ClO3. The second-order valence-corrected chi connectivity index (χ2v) is 4.21. The minimum absolute atomic E-state index is 0.0161. The molecular weight excluding hydrogens is 252 g/mol. The van der Waals surface area contributed by atoms with Gasteiger partial charge in [-0.2, -0.15) is 0 Å². The van der Waals surface area contributed by atoms with Crippen LogP contribution in [-0.2, 0) is 11.2 Å². The average molecular weight is 263 g/mol. The summed E-state index contributed by atoms with van der Waals surface area (Å²) in [6.45, 7) is 0. The molecule has 0 aliphatic heterocycles. The van der Waals surface area contributed by atoms with E-state index in [1.807, 2.05) is 0 Å². The molecule has 92 valence electrons. The van der Waals surface area contributed by atoms with Gasteiger partial charge in [-0.15, -0.1) is 0 Å². The molecule has 0 atom stereocenters. The fourth-order valence-corrected chi connectivity index (χ4v) is 1.66. The normalized spacial score (nSPS) is 10.1. The Kier molecular flexibility index (Phi) is 3.85. The van der Waals surface area contributed by atoms with Crippen molar-refractivity contribution in [3.63, 3.8) is 0 Å². The summed E-state index contributed by atoms with van der Waals surface area (Å²) in [6.07, 6.45) is -0.0161. The Bertz CT molecular complexity index is 549. The maximum Gasteiger partial charge on any atom is 0.307 e. The SMILES string of the molecule is O=C(O)Cc1cccc(Oc2ccc(Cl)cc2)c1. The molecule has 0 aliphatic rings. The van der Waals surface area contributed by atoms with Crippen molar-refractivity contribution in [1.82, 2.24) is 0 Å². The van der Waals surface area contributed by atoms with E-state index < -0.39 is 5.97 Å². The smallest absolute Gasteiger partial charge is 0.307 e. The molecule has 0 heterocycles. The van der Waals surface area contributed by atoms with Crippen LogP contribution < -0.4 is 4.74 Å². The van der Waals surface area contributed by atoms with E-state index in [4.69, 9.17) is 21.4 Å². The van der Waals surface area contributed by atoms with Gasteiger partial charge in [-0.05, 0) is 42.0 Å². The van der Waals surface area contributed by atoms with Crippen molar-refractivity contribution in [1.29, 1.82) is 0 Å². The van der Waals surface area contributed by atoms with E-state index in [0.717, 1.165) is 0 Å². The monoisotopic (exact) mass is 262 g/mol. The zero-order valence-corrected chi connectivity index (χ0v) is 10.2. The first-order valence-electron chi connectivity index (χ1n) is 5.37. The first-order chi connectivity index (χ1) is 8.63. The third kappa shape index (κ3) is 3.50. The Labute approximate surface area is 110 Å². The number of ether oxygens (including phenoxy) is 1. The standard InChI is InChI=1S/C14H11ClO3/c15-11-4-6-12(7-5-11)18-13-3-1-2-10(8-13)9-14(16)17/h1-8H,9H2,(H,16,17). The molecule has 0 spiro atoms. The van der Waals surface area contributed by atoms with Crippen LogP contribution in [0.2, 0.25) is 5.02 Å². The van der Waals surface area contributed by atoms with Crippen molar-refractivity contribution in [3.8, 4) is 11.5 Å². The first-order valence-corrected chi connectivity index (χ1v) is 5.75. The number of hydrogen-bond acceptors (Lipinski definition) is 2. The highest BCUT2D eigenvalue weighted by Crippen LogP contribution is 2.23. The third-order valence-corrected chi connectivity index (χ3v) is 2.56. The van der Waals surface area contributed by atoms with Crippen LogP contribution in [0.3, 0.4) is 0 Å². The van der Waals surface area contributed by atoms with Crippen LogP contribution >= 0.6 is 11.6 Å². The van der Waals surface area contributed by atoms with Gasteiger partial charge in [0.2, 0.25) is 0 Å². The molecule has 3 nitrogen and oxygen atoms in total. The largest absolute Gasteiger partial charge is 0.481 e. The van der Waals surface area contributed by atoms with Crippen molar-refractivity contribution in [2.24, 2.45) is 0 Å². The number of aliphatic carboxylic acids is 1. The highest BCUT2D eigenvalue weighted by atomic mass is 35.5. The topological polar surface area (TPSA) is 46.5 Å². The lowest BCUT2D eigenvalue weighted by molar-refractivity contribution is -0.136. The summed E-state index contributed by atoms with van der Waals surface area (Å²) >= 11 is 5.78. The van der Waals surface area contributed by atoms with Gasteiger partial charge in [0.15, 0.2) is 0 Å². The first kappa shape index (κ1) is 12.5. The summed E-state index contributed by atoms with van der Waals surface area (Å²) in [6, 6.07) is 14.0. The number of halogens is 1. The molecule has 0 saturated carbocycles. The Balaban J connectivity index is 2.13. The molecule has 0 amide bonds. The molecule has 0 fully saturated rings. The summed E-state index contributed by atoms with van der Waals surface area (Å²) in [5.74, 6) is 0.404. The van der Waals surface area contributed by atoms with E-state index in [0.29, 0.717) is 22.1 Å².